The number of nitrogens with one attached hydrogen (secondary N) is 1. The molecular formula is C30H28F4N6O3. The summed E-state index contributed by atoms with van der Waals surface area (Å²) in [5.41, 5.74) is 9.07. The Balaban J connectivity index is 0.000000541. The van der Waals surface area contributed by atoms with Crippen LogP contribution in [0, 0.1) is 5.82 Å². The number of aliphatic carboxylic acids is 1. The molecular weight excluding hydrogens is 568 g/mol. The zero-order valence-electron chi connectivity index (χ0n) is 23.4. The molecule has 2 heterocycles. The number of nitrogens with two attached hydrogens (primary N) is 1. The Morgan fingerprint density at radius 3 is 2.44 bits per heavy atom. The smallest absolute Gasteiger partial charge is 0.490 e. The number of aromatic nitrogens is 4. The van der Waals surface area contributed by atoms with E-state index in [2.05, 4.69) is 15.4 Å². The predicted octanol–water partition coefficient (Wildman–Crippen LogP) is 6.16. The number of alkyl halides is 3. The minimum absolute atomic E-state index is 0.389. The number of nitrogens with zero attached hydrogens (tertiary/aromatic N) is 4. The van der Waals surface area contributed by atoms with Gasteiger partial charge in [0.15, 0.2) is 11.6 Å². The number of nitrogen functional groups attached to an aromatic ring is 1. The zero-order chi connectivity index (χ0) is 31.3. The van der Waals surface area contributed by atoms with Gasteiger partial charge in [-0.15, -0.1) is 0 Å². The molecule has 0 amide bonds. The molecule has 43 heavy (non-hydrogen) atoms. The van der Waals surface area contributed by atoms with Gasteiger partial charge in [-0.1, -0.05) is 37.3 Å². The van der Waals surface area contributed by atoms with E-state index in [4.69, 9.17) is 25.4 Å². The molecule has 4 N–H and O–H groups in total. The van der Waals surface area contributed by atoms with E-state index in [1.165, 1.54) is 6.07 Å². The highest BCUT2D eigenvalue weighted by molar-refractivity contribution is 5.93. The normalized spacial score (nSPS) is 11.9. The molecule has 3 aromatic carbocycles. The number of halogens is 4. The molecule has 0 fully saturated rings. The van der Waals surface area contributed by atoms with E-state index >= 15 is 4.39 Å². The summed E-state index contributed by atoms with van der Waals surface area (Å²) < 4.78 is 54.4. The summed E-state index contributed by atoms with van der Waals surface area (Å²) in [6.07, 6.45) is -2.72. The van der Waals surface area contributed by atoms with Crippen LogP contribution in [0.1, 0.15) is 29.9 Å². The number of fused-ring (bicyclic) bond motifs is 1. The highest BCUT2D eigenvalue weighted by atomic mass is 19.4. The first kappa shape index (κ1) is 30.8. The monoisotopic (exact) mass is 596 g/mol. The standard InChI is InChI=1S/C28H27FN6O.C2HF3O2/c1-4-17-15-22(23(29)16-24(17)36-3)25(28-33-27(34-35(28)2)18-8-6-5-7-9-18)32-20-10-11-21-19(14-20)12-13-31-26(21)30;3-2(4,5)1(6)7/h5-16,25,32H,4H2,1-3H3,(H2,30,31);(H,6,7). The first-order valence-electron chi connectivity index (χ1n) is 13.0. The van der Waals surface area contributed by atoms with E-state index in [1.807, 2.05) is 74.6 Å². The molecule has 0 bridgehead atoms. The van der Waals surface area contributed by atoms with Crippen molar-refractivity contribution in [2.24, 2.45) is 7.05 Å². The van der Waals surface area contributed by atoms with Crippen molar-refractivity contribution in [3.8, 4) is 17.1 Å². The van der Waals surface area contributed by atoms with Gasteiger partial charge in [0.1, 0.15) is 23.4 Å². The SMILES string of the molecule is CCc1cc(C(Nc2ccc3c(N)nccc3c2)c2nc(-c3ccccc3)nn2C)c(F)cc1OC.O=C(O)C(F)(F)F. The predicted molar refractivity (Wildman–Crippen MR) is 154 cm³/mol. The number of hydrogen-bond acceptors (Lipinski definition) is 7. The highest BCUT2D eigenvalue weighted by Gasteiger charge is 2.38. The van der Waals surface area contributed by atoms with Crippen molar-refractivity contribution in [3.63, 3.8) is 0 Å². The Bertz CT molecular complexity index is 1740. The van der Waals surface area contributed by atoms with Gasteiger partial charge in [0.25, 0.3) is 0 Å². The molecule has 5 aromatic rings. The van der Waals surface area contributed by atoms with E-state index < -0.39 is 18.2 Å². The van der Waals surface area contributed by atoms with Crippen LogP contribution in [0.2, 0.25) is 0 Å². The molecule has 0 spiro atoms. The minimum atomic E-state index is -5.08. The van der Waals surface area contributed by atoms with Gasteiger partial charge in [-0.3, -0.25) is 4.68 Å². The van der Waals surface area contributed by atoms with Crippen LogP contribution in [0.15, 0.2) is 72.9 Å². The minimum Gasteiger partial charge on any atom is -0.496 e. The van der Waals surface area contributed by atoms with E-state index in [-0.39, 0.29) is 5.82 Å². The number of benzene rings is 3. The van der Waals surface area contributed by atoms with Crippen molar-refractivity contribution in [2.45, 2.75) is 25.6 Å². The fourth-order valence-corrected chi connectivity index (χ4v) is 4.40. The molecule has 1 atom stereocenters. The van der Waals surface area contributed by atoms with Crippen LogP contribution in [0.3, 0.4) is 0 Å². The molecule has 1 unspecified atom stereocenters. The van der Waals surface area contributed by atoms with Crippen molar-refractivity contribution < 1.29 is 32.2 Å². The molecule has 0 aliphatic rings. The molecule has 5 rings (SSSR count). The van der Waals surface area contributed by atoms with Gasteiger partial charge in [0.05, 0.1) is 7.11 Å². The third kappa shape index (κ3) is 7.00. The number of hydrogen-bond donors (Lipinski definition) is 3. The molecule has 0 aliphatic heterocycles. The Labute approximate surface area is 244 Å². The highest BCUT2D eigenvalue weighted by Crippen LogP contribution is 2.34. The topological polar surface area (TPSA) is 128 Å². The average molecular weight is 597 g/mol. The van der Waals surface area contributed by atoms with E-state index in [0.717, 1.165) is 27.6 Å². The maximum absolute atomic E-state index is 15.6. The van der Waals surface area contributed by atoms with Gasteiger partial charge < -0.3 is 20.9 Å². The Hall–Kier alpha value is -5.20. The van der Waals surface area contributed by atoms with Crippen LogP contribution >= 0.6 is 0 Å². The Morgan fingerprint density at radius 1 is 1.12 bits per heavy atom. The number of aryl methyl sites for hydroxylation is 2. The third-order valence-corrected chi connectivity index (χ3v) is 6.53. The Morgan fingerprint density at radius 2 is 1.81 bits per heavy atom. The lowest BCUT2D eigenvalue weighted by Crippen LogP contribution is -2.21. The maximum Gasteiger partial charge on any atom is 0.490 e. The van der Waals surface area contributed by atoms with Gasteiger partial charge in [0, 0.05) is 41.5 Å². The van der Waals surface area contributed by atoms with Crippen LogP contribution in [-0.4, -0.2) is 44.1 Å². The van der Waals surface area contributed by atoms with Gasteiger partial charge in [0.2, 0.25) is 0 Å². The van der Waals surface area contributed by atoms with Crippen molar-refractivity contribution >= 4 is 28.2 Å². The average Bonchev–Trinajstić information content (AvgIpc) is 3.37. The summed E-state index contributed by atoms with van der Waals surface area (Å²) in [7, 11) is 3.37. The second kappa shape index (κ2) is 12.8. The van der Waals surface area contributed by atoms with Gasteiger partial charge in [-0.25, -0.2) is 19.2 Å². The Kier molecular flexibility index (Phi) is 9.12. The van der Waals surface area contributed by atoms with Crippen molar-refractivity contribution in [1.29, 1.82) is 0 Å². The number of rotatable bonds is 7. The summed E-state index contributed by atoms with van der Waals surface area (Å²) in [6, 6.07) is 20.1. The van der Waals surface area contributed by atoms with Crippen molar-refractivity contribution in [3.05, 3.63) is 95.7 Å². The fraction of sp³-hybridized carbons (Fsp3) is 0.200. The lowest BCUT2D eigenvalue weighted by molar-refractivity contribution is -0.192. The summed E-state index contributed by atoms with van der Waals surface area (Å²) in [4.78, 5) is 17.9. The molecule has 0 saturated heterocycles. The van der Waals surface area contributed by atoms with Crippen LogP contribution in [0.25, 0.3) is 22.2 Å². The van der Waals surface area contributed by atoms with Crippen LogP contribution in [0.4, 0.5) is 29.1 Å². The fourth-order valence-electron chi connectivity index (χ4n) is 4.40. The van der Waals surface area contributed by atoms with Crippen LogP contribution in [-0.2, 0) is 18.3 Å². The zero-order valence-corrected chi connectivity index (χ0v) is 23.4. The lowest BCUT2D eigenvalue weighted by atomic mass is 9.99. The quantitative estimate of drug-likeness (QED) is 0.191. The number of pyridine rings is 1. The number of carboxylic acids is 1. The number of methoxy groups -OCH3 is 1. The number of carbonyl (C=O) groups is 1. The molecule has 0 saturated carbocycles. The lowest BCUT2D eigenvalue weighted by Gasteiger charge is -2.22. The van der Waals surface area contributed by atoms with Gasteiger partial charge in [-0.05, 0) is 47.7 Å². The van der Waals surface area contributed by atoms with Gasteiger partial charge in [-0.2, -0.15) is 18.3 Å². The summed E-state index contributed by atoms with van der Waals surface area (Å²) in [5.74, 6) is -1.01. The molecule has 224 valence electrons. The summed E-state index contributed by atoms with van der Waals surface area (Å²) in [6.45, 7) is 2.01. The van der Waals surface area contributed by atoms with Crippen molar-refractivity contribution in [2.75, 3.05) is 18.2 Å². The summed E-state index contributed by atoms with van der Waals surface area (Å²) >= 11 is 0. The van der Waals surface area contributed by atoms with E-state index in [0.29, 0.717) is 35.2 Å². The van der Waals surface area contributed by atoms with Gasteiger partial charge >= 0.3 is 12.1 Å². The summed E-state index contributed by atoms with van der Waals surface area (Å²) in [5, 5.41) is 17.0. The van der Waals surface area contributed by atoms with Crippen LogP contribution < -0.4 is 15.8 Å². The number of ether oxygens (including phenoxy) is 1. The second-order valence-corrected chi connectivity index (χ2v) is 9.33. The second-order valence-electron chi connectivity index (χ2n) is 9.33. The maximum atomic E-state index is 15.6. The number of carboxylic acid groups (broad SMARTS) is 1. The molecule has 2 aromatic heterocycles. The molecule has 13 heteroatoms. The molecule has 0 aliphatic carbocycles. The van der Waals surface area contributed by atoms with E-state index in [1.54, 1.807) is 18.0 Å². The van der Waals surface area contributed by atoms with Crippen molar-refractivity contribution in [1.82, 2.24) is 19.7 Å². The van der Waals surface area contributed by atoms with E-state index in [9.17, 15) is 13.2 Å². The third-order valence-electron chi connectivity index (χ3n) is 6.53. The molecule has 0 radical (unpaired) electrons. The first-order chi connectivity index (χ1) is 20.4. The molecule has 9 nitrogen and oxygen atoms in total. The largest absolute Gasteiger partial charge is 0.496 e. The first-order valence-corrected chi connectivity index (χ1v) is 13.0. The number of anilines is 2. The van der Waals surface area contributed by atoms with Crippen LogP contribution in [0.5, 0.6) is 5.75 Å².